The van der Waals surface area contributed by atoms with Gasteiger partial charge < -0.3 is 9.80 Å². The van der Waals surface area contributed by atoms with E-state index in [1.165, 1.54) is 0 Å². The third-order valence-electron chi connectivity index (χ3n) is 4.02. The van der Waals surface area contributed by atoms with Crippen LogP contribution in [0.15, 0.2) is 36.7 Å². The van der Waals surface area contributed by atoms with Gasteiger partial charge in [0.15, 0.2) is 0 Å². The highest BCUT2D eigenvalue weighted by Gasteiger charge is 2.27. The fourth-order valence-corrected chi connectivity index (χ4v) is 3.03. The molecule has 3 rings (SSSR count). The van der Waals surface area contributed by atoms with Crippen LogP contribution in [0.5, 0.6) is 0 Å². The smallest absolute Gasteiger partial charge is 0.257 e. The fraction of sp³-hybridized carbons (Fsp3) is 0.375. The number of nitrogens with zero attached hydrogens (tertiary/aromatic N) is 4. The van der Waals surface area contributed by atoms with Crippen molar-refractivity contribution in [2.45, 2.75) is 13.0 Å². The Morgan fingerprint density at radius 2 is 2.09 bits per heavy atom. The Morgan fingerprint density at radius 3 is 2.82 bits per heavy atom. The summed E-state index contributed by atoms with van der Waals surface area (Å²) in [6, 6.07) is 7.65. The summed E-state index contributed by atoms with van der Waals surface area (Å²) in [6.07, 6.45) is 3.35. The average Bonchev–Trinajstić information content (AvgIpc) is 2.97. The molecule has 1 aromatic heterocycles. The summed E-state index contributed by atoms with van der Waals surface area (Å²) in [7, 11) is 2.08. The Balaban J connectivity index is 1.82. The summed E-state index contributed by atoms with van der Waals surface area (Å²) >= 11 is 6.17. The highest BCUT2D eigenvalue weighted by molar-refractivity contribution is 6.32. The van der Waals surface area contributed by atoms with Crippen molar-refractivity contribution < 1.29 is 4.79 Å². The van der Waals surface area contributed by atoms with Crippen LogP contribution in [0.4, 0.5) is 0 Å². The van der Waals surface area contributed by atoms with Crippen LogP contribution in [0.2, 0.25) is 5.02 Å². The molecule has 0 N–H and O–H groups in total. The summed E-state index contributed by atoms with van der Waals surface area (Å²) in [5.41, 5.74) is 1.37. The lowest BCUT2D eigenvalue weighted by Crippen LogP contribution is -2.52. The lowest BCUT2D eigenvalue weighted by Gasteiger charge is -2.38. The number of amides is 1. The molecule has 0 saturated carbocycles. The second kappa shape index (κ2) is 6.10. The van der Waals surface area contributed by atoms with Crippen molar-refractivity contribution in [3.63, 3.8) is 0 Å². The van der Waals surface area contributed by atoms with Gasteiger partial charge in [0.05, 0.1) is 22.5 Å². The zero-order chi connectivity index (χ0) is 15.7. The summed E-state index contributed by atoms with van der Waals surface area (Å²) < 4.78 is 1.65. The molecule has 1 saturated heterocycles. The minimum atomic E-state index is 0.0268. The second-order valence-corrected chi connectivity index (χ2v) is 6.14. The molecule has 0 spiro atoms. The van der Waals surface area contributed by atoms with Crippen LogP contribution in [0.1, 0.15) is 17.3 Å². The van der Waals surface area contributed by atoms with Gasteiger partial charge in [0.25, 0.3) is 5.91 Å². The number of hydrogen-bond acceptors (Lipinski definition) is 3. The fourth-order valence-electron chi connectivity index (χ4n) is 2.81. The molecule has 0 radical (unpaired) electrons. The van der Waals surface area contributed by atoms with E-state index in [1.807, 2.05) is 29.2 Å². The quantitative estimate of drug-likeness (QED) is 0.853. The first-order valence-corrected chi connectivity index (χ1v) is 7.73. The number of halogens is 1. The largest absolute Gasteiger partial charge is 0.333 e. The van der Waals surface area contributed by atoms with E-state index < -0.39 is 0 Å². The molecule has 6 heteroatoms. The normalized spacial score (nSPS) is 19.4. The van der Waals surface area contributed by atoms with Crippen molar-refractivity contribution >= 4 is 17.5 Å². The molecule has 1 aliphatic heterocycles. The van der Waals surface area contributed by atoms with Gasteiger partial charge in [-0.25, -0.2) is 4.68 Å². The van der Waals surface area contributed by atoms with Crippen molar-refractivity contribution in [1.29, 1.82) is 0 Å². The van der Waals surface area contributed by atoms with Crippen molar-refractivity contribution in [1.82, 2.24) is 19.6 Å². The summed E-state index contributed by atoms with van der Waals surface area (Å²) in [5, 5.41) is 4.89. The summed E-state index contributed by atoms with van der Waals surface area (Å²) in [4.78, 5) is 16.8. The van der Waals surface area contributed by atoms with Crippen LogP contribution < -0.4 is 0 Å². The van der Waals surface area contributed by atoms with Crippen LogP contribution >= 0.6 is 11.6 Å². The third-order valence-corrected chi connectivity index (χ3v) is 4.34. The van der Waals surface area contributed by atoms with E-state index in [0.29, 0.717) is 10.6 Å². The Hall–Kier alpha value is -1.85. The minimum absolute atomic E-state index is 0.0268. The standard InChI is InChI=1S/C16H19ClN4O/c1-12-10-19(2)7-8-20(12)16(22)13-9-18-21(11-13)15-6-4-3-5-14(15)17/h3-6,9,11-12H,7-8,10H2,1-2H3. The maximum atomic E-state index is 12.7. The third kappa shape index (κ3) is 2.87. The molecule has 1 atom stereocenters. The maximum Gasteiger partial charge on any atom is 0.257 e. The molecular formula is C16H19ClN4O. The van der Waals surface area contributed by atoms with Crippen LogP contribution in [-0.2, 0) is 0 Å². The molecule has 1 fully saturated rings. The van der Waals surface area contributed by atoms with E-state index >= 15 is 0 Å². The van der Waals surface area contributed by atoms with E-state index in [2.05, 4.69) is 24.0 Å². The molecule has 0 aliphatic carbocycles. The van der Waals surface area contributed by atoms with Gasteiger partial charge >= 0.3 is 0 Å². The van der Waals surface area contributed by atoms with Gasteiger partial charge in [-0.05, 0) is 26.1 Å². The zero-order valence-corrected chi connectivity index (χ0v) is 13.5. The average molecular weight is 319 g/mol. The predicted molar refractivity (Wildman–Crippen MR) is 86.6 cm³/mol. The molecule has 2 aromatic rings. The Morgan fingerprint density at radius 1 is 1.32 bits per heavy atom. The number of para-hydroxylation sites is 1. The number of carbonyl (C=O) groups is 1. The predicted octanol–water partition coefficient (Wildman–Crippen LogP) is 2.30. The zero-order valence-electron chi connectivity index (χ0n) is 12.7. The van der Waals surface area contributed by atoms with Crippen molar-refractivity contribution in [2.24, 2.45) is 0 Å². The molecule has 2 heterocycles. The number of piperazine rings is 1. The SMILES string of the molecule is CC1CN(C)CCN1C(=O)c1cnn(-c2ccccc2Cl)c1. The lowest BCUT2D eigenvalue weighted by atomic mass is 10.1. The number of aromatic nitrogens is 2. The van der Waals surface area contributed by atoms with Gasteiger partial charge in [-0.2, -0.15) is 5.10 Å². The van der Waals surface area contributed by atoms with E-state index in [1.54, 1.807) is 17.1 Å². The molecule has 1 aliphatic rings. The molecule has 22 heavy (non-hydrogen) atoms. The molecule has 5 nitrogen and oxygen atoms in total. The highest BCUT2D eigenvalue weighted by Crippen LogP contribution is 2.20. The number of rotatable bonds is 2. The molecule has 1 aromatic carbocycles. The molecule has 116 valence electrons. The van der Waals surface area contributed by atoms with E-state index in [9.17, 15) is 4.79 Å². The van der Waals surface area contributed by atoms with Crippen molar-refractivity contribution in [3.05, 3.63) is 47.2 Å². The topological polar surface area (TPSA) is 41.4 Å². The van der Waals surface area contributed by atoms with Crippen molar-refractivity contribution in [3.8, 4) is 5.69 Å². The number of benzene rings is 1. The Bertz CT molecular complexity index is 684. The van der Waals surface area contributed by atoms with Crippen LogP contribution in [-0.4, -0.2) is 58.2 Å². The Labute approximate surface area is 135 Å². The van der Waals surface area contributed by atoms with E-state index in [0.717, 1.165) is 25.3 Å². The van der Waals surface area contributed by atoms with Gasteiger partial charge in [0, 0.05) is 31.9 Å². The van der Waals surface area contributed by atoms with Gasteiger partial charge in [-0.15, -0.1) is 0 Å². The number of carbonyl (C=O) groups excluding carboxylic acids is 1. The van der Waals surface area contributed by atoms with Crippen LogP contribution in [0.25, 0.3) is 5.69 Å². The first-order chi connectivity index (χ1) is 10.6. The van der Waals surface area contributed by atoms with Gasteiger partial charge in [-0.3, -0.25) is 4.79 Å². The number of hydrogen-bond donors (Lipinski definition) is 0. The van der Waals surface area contributed by atoms with Gasteiger partial charge in [0.1, 0.15) is 0 Å². The molecule has 0 bridgehead atoms. The monoisotopic (exact) mass is 318 g/mol. The maximum absolute atomic E-state index is 12.7. The second-order valence-electron chi connectivity index (χ2n) is 5.73. The van der Waals surface area contributed by atoms with Crippen LogP contribution in [0.3, 0.4) is 0 Å². The Kier molecular flexibility index (Phi) is 4.18. The van der Waals surface area contributed by atoms with Gasteiger partial charge in [0.2, 0.25) is 0 Å². The highest BCUT2D eigenvalue weighted by atomic mass is 35.5. The lowest BCUT2D eigenvalue weighted by molar-refractivity contribution is 0.0533. The summed E-state index contributed by atoms with van der Waals surface area (Å²) in [6.45, 7) is 4.61. The summed E-state index contributed by atoms with van der Waals surface area (Å²) in [5.74, 6) is 0.0268. The number of likely N-dealkylation sites (N-methyl/N-ethyl adjacent to an activating group) is 1. The van der Waals surface area contributed by atoms with E-state index in [4.69, 9.17) is 11.6 Å². The van der Waals surface area contributed by atoms with Gasteiger partial charge in [-0.1, -0.05) is 23.7 Å². The minimum Gasteiger partial charge on any atom is -0.333 e. The van der Waals surface area contributed by atoms with E-state index in [-0.39, 0.29) is 11.9 Å². The first kappa shape index (κ1) is 15.1. The molecule has 1 unspecified atom stereocenters. The van der Waals surface area contributed by atoms with Crippen LogP contribution in [0, 0.1) is 0 Å². The molecular weight excluding hydrogens is 300 g/mol. The first-order valence-electron chi connectivity index (χ1n) is 7.35. The van der Waals surface area contributed by atoms with Crippen molar-refractivity contribution in [2.75, 3.05) is 26.7 Å². The molecule has 1 amide bonds.